The Hall–Kier alpha value is -0.730. The van der Waals surface area contributed by atoms with E-state index >= 15 is 0 Å². The fourth-order valence-electron chi connectivity index (χ4n) is 1.79. The van der Waals surface area contributed by atoms with E-state index in [1.807, 2.05) is 18.2 Å². The van der Waals surface area contributed by atoms with Gasteiger partial charge in [-0.3, -0.25) is 0 Å². The van der Waals surface area contributed by atoms with E-state index in [9.17, 15) is 5.11 Å². The van der Waals surface area contributed by atoms with Crippen LogP contribution < -0.4 is 4.90 Å². The topological polar surface area (TPSA) is 23.5 Å². The van der Waals surface area contributed by atoms with E-state index in [1.165, 1.54) is 12.8 Å². The number of hydrogen-bond acceptors (Lipinski definition) is 2. The molecular formula is C13H20ClNO. The lowest BCUT2D eigenvalue weighted by Gasteiger charge is -2.25. The second kappa shape index (κ2) is 6.77. The molecule has 0 aliphatic carbocycles. The van der Waals surface area contributed by atoms with Gasteiger partial charge in [0.05, 0.1) is 6.61 Å². The van der Waals surface area contributed by atoms with Gasteiger partial charge in [0.25, 0.3) is 0 Å². The Morgan fingerprint density at radius 2 is 2.06 bits per heavy atom. The molecule has 0 fully saturated rings. The van der Waals surface area contributed by atoms with E-state index in [2.05, 4.69) is 18.7 Å². The maximum absolute atomic E-state index is 9.33. The van der Waals surface area contributed by atoms with Crippen LogP contribution in [0.1, 0.15) is 32.3 Å². The van der Waals surface area contributed by atoms with Gasteiger partial charge in [0, 0.05) is 29.4 Å². The first-order chi connectivity index (χ1) is 7.72. The highest BCUT2D eigenvalue weighted by Crippen LogP contribution is 2.24. The fraction of sp³-hybridized carbons (Fsp3) is 0.538. The first-order valence-corrected chi connectivity index (χ1v) is 6.25. The van der Waals surface area contributed by atoms with Crippen molar-refractivity contribution in [2.45, 2.75) is 33.3 Å². The molecule has 0 spiro atoms. The van der Waals surface area contributed by atoms with Crippen LogP contribution in [-0.2, 0) is 6.61 Å². The van der Waals surface area contributed by atoms with Gasteiger partial charge in [-0.1, -0.05) is 24.9 Å². The van der Waals surface area contributed by atoms with Gasteiger partial charge in [0.1, 0.15) is 0 Å². The van der Waals surface area contributed by atoms with E-state index in [1.54, 1.807) is 0 Å². The van der Waals surface area contributed by atoms with E-state index in [0.717, 1.165) is 24.3 Å². The van der Waals surface area contributed by atoms with Crippen molar-refractivity contribution >= 4 is 17.3 Å². The molecule has 0 saturated heterocycles. The van der Waals surface area contributed by atoms with Crippen molar-refractivity contribution in [2.24, 2.45) is 0 Å². The van der Waals surface area contributed by atoms with Crippen molar-refractivity contribution in [3.8, 4) is 0 Å². The van der Waals surface area contributed by atoms with Gasteiger partial charge in [-0.25, -0.2) is 0 Å². The molecule has 0 saturated carbocycles. The summed E-state index contributed by atoms with van der Waals surface area (Å²) in [4.78, 5) is 2.28. The van der Waals surface area contributed by atoms with Crippen LogP contribution in [-0.4, -0.2) is 18.2 Å². The summed E-state index contributed by atoms with van der Waals surface area (Å²) in [5, 5.41) is 10.0. The fourth-order valence-corrected chi connectivity index (χ4v) is 1.98. The van der Waals surface area contributed by atoms with Crippen LogP contribution >= 0.6 is 11.6 Å². The van der Waals surface area contributed by atoms with Gasteiger partial charge >= 0.3 is 0 Å². The summed E-state index contributed by atoms with van der Waals surface area (Å²) in [5.41, 5.74) is 2.01. The number of halogens is 1. The molecule has 1 aromatic rings. The van der Waals surface area contributed by atoms with Gasteiger partial charge in [0.2, 0.25) is 0 Å². The maximum atomic E-state index is 9.33. The Labute approximate surface area is 103 Å². The summed E-state index contributed by atoms with van der Waals surface area (Å²) in [5.74, 6) is 0. The number of hydrogen-bond donors (Lipinski definition) is 1. The zero-order valence-electron chi connectivity index (χ0n) is 10.0. The SMILES string of the molecule is CCCCN(CC)c1ccc(Cl)cc1CO. The van der Waals surface area contributed by atoms with Gasteiger partial charge in [0.15, 0.2) is 0 Å². The van der Waals surface area contributed by atoms with Crippen molar-refractivity contribution < 1.29 is 5.11 Å². The van der Waals surface area contributed by atoms with Crippen molar-refractivity contribution in [1.29, 1.82) is 0 Å². The highest BCUT2D eigenvalue weighted by Gasteiger charge is 2.09. The molecular weight excluding hydrogens is 222 g/mol. The van der Waals surface area contributed by atoms with Crippen molar-refractivity contribution in [3.05, 3.63) is 28.8 Å². The molecule has 0 heterocycles. The highest BCUT2D eigenvalue weighted by molar-refractivity contribution is 6.30. The van der Waals surface area contributed by atoms with E-state index in [-0.39, 0.29) is 6.61 Å². The number of anilines is 1. The van der Waals surface area contributed by atoms with Crippen LogP contribution in [0.2, 0.25) is 5.02 Å². The lowest BCUT2D eigenvalue weighted by Crippen LogP contribution is -2.25. The van der Waals surface area contributed by atoms with Crippen LogP contribution in [0.25, 0.3) is 0 Å². The summed E-state index contributed by atoms with van der Waals surface area (Å²) in [6.07, 6.45) is 2.35. The molecule has 0 unspecified atom stereocenters. The molecule has 0 radical (unpaired) electrons. The number of unbranched alkanes of at least 4 members (excludes halogenated alkanes) is 1. The van der Waals surface area contributed by atoms with Crippen molar-refractivity contribution in [3.63, 3.8) is 0 Å². The molecule has 1 aromatic carbocycles. The average Bonchev–Trinajstić information content (AvgIpc) is 2.31. The molecule has 16 heavy (non-hydrogen) atoms. The summed E-state index contributed by atoms with van der Waals surface area (Å²) >= 11 is 5.92. The van der Waals surface area contributed by atoms with Gasteiger partial charge < -0.3 is 10.0 Å². The lowest BCUT2D eigenvalue weighted by molar-refractivity contribution is 0.282. The molecule has 3 heteroatoms. The van der Waals surface area contributed by atoms with Crippen LogP contribution in [0, 0.1) is 0 Å². The summed E-state index contributed by atoms with van der Waals surface area (Å²) in [6.45, 7) is 6.34. The first kappa shape index (κ1) is 13.3. The Balaban J connectivity index is 2.90. The molecule has 0 aromatic heterocycles. The van der Waals surface area contributed by atoms with E-state index < -0.39 is 0 Å². The smallest absolute Gasteiger partial charge is 0.0702 e. The van der Waals surface area contributed by atoms with Crippen molar-refractivity contribution in [1.82, 2.24) is 0 Å². The summed E-state index contributed by atoms with van der Waals surface area (Å²) < 4.78 is 0. The second-order valence-corrected chi connectivity index (χ2v) is 4.30. The van der Waals surface area contributed by atoms with Crippen LogP contribution in [0.5, 0.6) is 0 Å². The Morgan fingerprint density at radius 1 is 1.31 bits per heavy atom. The third-order valence-electron chi connectivity index (χ3n) is 2.72. The van der Waals surface area contributed by atoms with Gasteiger partial charge in [-0.2, -0.15) is 0 Å². The molecule has 0 aliphatic heterocycles. The Kier molecular flexibility index (Phi) is 5.64. The minimum absolute atomic E-state index is 0.0402. The van der Waals surface area contributed by atoms with Gasteiger partial charge in [-0.15, -0.1) is 0 Å². The largest absolute Gasteiger partial charge is 0.392 e. The third-order valence-corrected chi connectivity index (χ3v) is 2.95. The second-order valence-electron chi connectivity index (χ2n) is 3.86. The summed E-state index contributed by atoms with van der Waals surface area (Å²) in [7, 11) is 0. The molecule has 1 rings (SSSR count). The van der Waals surface area contributed by atoms with Crippen LogP contribution in [0.3, 0.4) is 0 Å². The van der Waals surface area contributed by atoms with E-state index in [0.29, 0.717) is 5.02 Å². The van der Waals surface area contributed by atoms with E-state index in [4.69, 9.17) is 11.6 Å². The lowest BCUT2D eigenvalue weighted by atomic mass is 10.1. The highest BCUT2D eigenvalue weighted by atomic mass is 35.5. The monoisotopic (exact) mass is 241 g/mol. The molecule has 0 bridgehead atoms. The Morgan fingerprint density at radius 3 is 2.62 bits per heavy atom. The minimum Gasteiger partial charge on any atom is -0.392 e. The minimum atomic E-state index is 0.0402. The Bertz CT molecular complexity index is 328. The van der Waals surface area contributed by atoms with Crippen molar-refractivity contribution in [2.75, 3.05) is 18.0 Å². The number of rotatable bonds is 6. The van der Waals surface area contributed by atoms with Gasteiger partial charge in [-0.05, 0) is 31.5 Å². The number of benzene rings is 1. The summed E-state index contributed by atoms with van der Waals surface area (Å²) in [6, 6.07) is 5.71. The number of nitrogens with zero attached hydrogens (tertiary/aromatic N) is 1. The zero-order chi connectivity index (χ0) is 12.0. The zero-order valence-corrected chi connectivity index (χ0v) is 10.8. The standard InChI is InChI=1S/C13H20ClNO/c1-3-5-8-15(4-2)13-7-6-12(14)9-11(13)10-16/h6-7,9,16H,3-5,8,10H2,1-2H3. The molecule has 2 nitrogen and oxygen atoms in total. The average molecular weight is 242 g/mol. The number of aliphatic hydroxyl groups is 1. The molecule has 0 amide bonds. The molecule has 0 atom stereocenters. The molecule has 90 valence electrons. The maximum Gasteiger partial charge on any atom is 0.0702 e. The van der Waals surface area contributed by atoms with Crippen LogP contribution in [0.4, 0.5) is 5.69 Å². The third kappa shape index (κ3) is 3.39. The quantitative estimate of drug-likeness (QED) is 0.825. The normalized spacial score (nSPS) is 10.5. The molecule has 0 aliphatic rings. The van der Waals surface area contributed by atoms with Crippen LogP contribution in [0.15, 0.2) is 18.2 Å². The first-order valence-electron chi connectivity index (χ1n) is 5.87. The predicted octanol–water partition coefficient (Wildman–Crippen LogP) is 3.46. The number of aliphatic hydroxyl groups excluding tert-OH is 1. The molecule has 1 N–H and O–H groups in total. The predicted molar refractivity (Wildman–Crippen MR) is 70.2 cm³/mol.